The molecule has 0 bridgehead atoms. The second kappa shape index (κ2) is 7.90. The molecule has 4 N–H and O–H groups in total. The Balaban J connectivity index is 1.92. The van der Waals surface area contributed by atoms with Gasteiger partial charge < -0.3 is 10.3 Å². The van der Waals surface area contributed by atoms with E-state index in [0.717, 1.165) is 8.35 Å². The molecule has 0 aliphatic rings. The van der Waals surface area contributed by atoms with Gasteiger partial charge in [0.1, 0.15) is 17.9 Å². The number of thiophene rings is 1. The van der Waals surface area contributed by atoms with E-state index in [4.69, 9.17) is 0 Å². The maximum atomic E-state index is 13.1. The second-order valence-electron chi connectivity index (χ2n) is 7.02. The molecule has 4 aromatic rings. The summed E-state index contributed by atoms with van der Waals surface area (Å²) in [5.41, 5.74) is -0.0378. The molecular formula is C19H16BrF3N5O3S+. The average Bonchev–Trinajstić information content (AvgIpc) is 3.36. The topological polar surface area (TPSA) is 106 Å². The maximum absolute atomic E-state index is 13.1. The molecule has 0 aliphatic heterocycles. The zero-order valence-electron chi connectivity index (χ0n) is 16.6. The van der Waals surface area contributed by atoms with E-state index < -0.39 is 30.2 Å². The summed E-state index contributed by atoms with van der Waals surface area (Å²) in [7, 11) is 2.89. The summed E-state index contributed by atoms with van der Waals surface area (Å²) in [6.45, 7) is -1.46. The van der Waals surface area contributed by atoms with Gasteiger partial charge in [-0.3, -0.25) is 19.2 Å². The van der Waals surface area contributed by atoms with Gasteiger partial charge in [0.05, 0.1) is 32.3 Å². The number of primary amides is 1. The number of aromatic nitrogens is 3. The van der Waals surface area contributed by atoms with Crippen LogP contribution in [-0.2, 0) is 13.6 Å². The summed E-state index contributed by atoms with van der Waals surface area (Å²) < 4.78 is 41.7. The van der Waals surface area contributed by atoms with Gasteiger partial charge >= 0.3 is 17.8 Å². The monoisotopic (exact) mass is 530 g/mol. The number of amides is 2. The van der Waals surface area contributed by atoms with Gasteiger partial charge in [0.25, 0.3) is 5.91 Å². The van der Waals surface area contributed by atoms with Gasteiger partial charge in [-0.15, -0.1) is 11.3 Å². The van der Waals surface area contributed by atoms with Gasteiger partial charge in [0.2, 0.25) is 0 Å². The van der Waals surface area contributed by atoms with Crippen molar-refractivity contribution in [2.75, 3.05) is 12.4 Å². The number of hydrogen-bond donors (Lipinski definition) is 3. The number of alkyl halides is 3. The van der Waals surface area contributed by atoms with Gasteiger partial charge in [-0.25, -0.2) is 9.59 Å². The minimum atomic E-state index is -4.60. The molecule has 0 radical (unpaired) electrons. The van der Waals surface area contributed by atoms with Crippen molar-refractivity contribution >= 4 is 66.8 Å². The number of H-pyrrole nitrogens is 1. The number of nitrogens with zero attached hydrogens (tertiary/aromatic N) is 2. The lowest BCUT2D eigenvalue weighted by molar-refractivity contribution is -0.523. The first kappa shape index (κ1) is 22.3. The van der Waals surface area contributed by atoms with Crippen molar-refractivity contribution in [1.29, 1.82) is 0 Å². The van der Waals surface area contributed by atoms with E-state index >= 15 is 0 Å². The highest BCUT2D eigenvalue weighted by atomic mass is 79.9. The number of fused-ring (bicyclic) bond motifs is 2. The zero-order valence-corrected chi connectivity index (χ0v) is 19.0. The molecule has 0 unspecified atom stereocenters. The number of nitrogens with one attached hydrogen (secondary N) is 2. The summed E-state index contributed by atoms with van der Waals surface area (Å²) >= 11 is 4.49. The van der Waals surface area contributed by atoms with Crippen LogP contribution in [0.15, 0.2) is 32.8 Å². The van der Waals surface area contributed by atoms with Crippen LogP contribution in [0.5, 0.6) is 0 Å². The standard InChI is InChI=1S/C19H15BrF3N5O3S/c1-24-17(30)14-8-5-11-10(27(2)18(31)28(11)7-19(21,22)23)6-9(8)25-15(14)26-16(29)12-3-4-13(20)32-12/h3-6,25H,7H2,1-2H3,(H,24,30)(H,26,29)/p+1. The average molecular weight is 531 g/mol. The summed E-state index contributed by atoms with van der Waals surface area (Å²) in [6, 6.07) is 6.18. The number of carbonyl (C=O) groups is 2. The minimum absolute atomic E-state index is 0.0338. The molecule has 1 aromatic carbocycles. The summed E-state index contributed by atoms with van der Waals surface area (Å²) in [4.78, 5) is 41.0. The van der Waals surface area contributed by atoms with Gasteiger partial charge in [-0.2, -0.15) is 13.2 Å². The third-order valence-corrected chi connectivity index (χ3v) is 6.57. The number of anilines is 1. The fraction of sp³-hybridized carbons (Fsp3) is 0.211. The van der Waals surface area contributed by atoms with E-state index in [0.29, 0.717) is 20.3 Å². The van der Waals surface area contributed by atoms with E-state index in [1.165, 1.54) is 42.9 Å². The van der Waals surface area contributed by atoms with Gasteiger partial charge in [-0.05, 0) is 40.2 Å². The first-order chi connectivity index (χ1) is 15.0. The highest BCUT2D eigenvalue weighted by Crippen LogP contribution is 2.31. The molecule has 0 aliphatic carbocycles. The van der Waals surface area contributed by atoms with Crippen LogP contribution in [0.25, 0.3) is 21.9 Å². The summed E-state index contributed by atoms with van der Waals surface area (Å²) in [6.07, 6.45) is -4.60. The highest BCUT2D eigenvalue weighted by molar-refractivity contribution is 9.11. The molecular weight excluding hydrogens is 515 g/mol. The molecule has 4 rings (SSSR count). The molecule has 0 spiro atoms. The molecule has 168 valence electrons. The molecule has 0 saturated carbocycles. The van der Waals surface area contributed by atoms with Crippen molar-refractivity contribution < 1.29 is 28.1 Å². The zero-order chi connectivity index (χ0) is 23.4. The van der Waals surface area contributed by atoms with Crippen LogP contribution in [0.1, 0.15) is 20.0 Å². The van der Waals surface area contributed by atoms with Crippen LogP contribution in [-0.4, -0.2) is 39.2 Å². The number of imidazole rings is 1. The van der Waals surface area contributed by atoms with E-state index in [1.54, 1.807) is 12.1 Å². The Bertz CT molecular complexity index is 1450. The fourth-order valence-electron chi connectivity index (χ4n) is 3.53. The van der Waals surface area contributed by atoms with Crippen LogP contribution in [0.2, 0.25) is 0 Å². The molecule has 0 atom stereocenters. The number of carbonyl (C=O) groups excluding carboxylic acids is 2. The van der Waals surface area contributed by atoms with Crippen LogP contribution in [0.3, 0.4) is 0 Å². The molecule has 32 heavy (non-hydrogen) atoms. The van der Waals surface area contributed by atoms with Crippen molar-refractivity contribution in [2.45, 2.75) is 12.7 Å². The van der Waals surface area contributed by atoms with Crippen molar-refractivity contribution in [3.8, 4) is 0 Å². The predicted molar refractivity (Wildman–Crippen MR) is 117 cm³/mol. The van der Waals surface area contributed by atoms with E-state index in [-0.39, 0.29) is 22.4 Å². The Labute approximate surface area is 190 Å². The Morgan fingerprint density at radius 3 is 2.56 bits per heavy atom. The molecule has 0 fully saturated rings. The van der Waals surface area contributed by atoms with Crippen molar-refractivity contribution in [3.63, 3.8) is 0 Å². The number of rotatable bonds is 4. The largest absolute Gasteiger partial charge is 0.406 e. The SMILES string of the molecule is C[NH2+]C(=O)c1c(NC(=O)c2ccc(Br)s2)[nH]c2cc3c(cc12)n(CC(F)(F)F)c(=O)n3C. The minimum Gasteiger partial charge on any atom is -0.340 e. The Morgan fingerprint density at radius 2 is 1.97 bits per heavy atom. The quantitative estimate of drug-likeness (QED) is 0.377. The predicted octanol–water partition coefficient (Wildman–Crippen LogP) is 2.79. The summed E-state index contributed by atoms with van der Waals surface area (Å²) in [5.74, 6) is -0.757. The molecule has 8 nitrogen and oxygen atoms in total. The first-order valence-corrected chi connectivity index (χ1v) is 10.8. The fourth-order valence-corrected chi connectivity index (χ4v) is 4.81. The third kappa shape index (κ3) is 3.87. The molecule has 3 heterocycles. The van der Waals surface area contributed by atoms with Crippen molar-refractivity contribution in [2.24, 2.45) is 7.05 Å². The number of nitrogens with two attached hydrogens (primary N) is 1. The van der Waals surface area contributed by atoms with E-state index in [1.807, 2.05) is 0 Å². The van der Waals surface area contributed by atoms with Gasteiger partial charge in [0, 0.05) is 12.4 Å². The number of benzene rings is 1. The van der Waals surface area contributed by atoms with Crippen LogP contribution >= 0.6 is 27.3 Å². The second-order valence-corrected chi connectivity index (χ2v) is 9.48. The first-order valence-electron chi connectivity index (χ1n) is 9.22. The smallest absolute Gasteiger partial charge is 0.340 e. The molecule has 3 aromatic heterocycles. The number of halogens is 4. The van der Waals surface area contributed by atoms with Crippen LogP contribution in [0.4, 0.5) is 19.0 Å². The van der Waals surface area contributed by atoms with Gasteiger partial charge in [0.15, 0.2) is 0 Å². The molecule has 2 amide bonds. The lowest BCUT2D eigenvalue weighted by atomic mass is 10.1. The summed E-state index contributed by atoms with van der Waals surface area (Å²) in [5, 5.41) is 4.26. The Morgan fingerprint density at radius 1 is 1.25 bits per heavy atom. The van der Waals surface area contributed by atoms with Crippen molar-refractivity contribution in [3.05, 3.63) is 49.0 Å². The lowest BCUT2D eigenvalue weighted by Gasteiger charge is -2.07. The Kier molecular flexibility index (Phi) is 5.51. The lowest BCUT2D eigenvalue weighted by Crippen LogP contribution is -2.83. The van der Waals surface area contributed by atoms with Crippen molar-refractivity contribution in [1.82, 2.24) is 14.1 Å². The normalized spacial score (nSPS) is 12.1. The van der Waals surface area contributed by atoms with E-state index in [2.05, 4.69) is 26.2 Å². The maximum Gasteiger partial charge on any atom is 0.406 e. The van der Waals surface area contributed by atoms with Crippen LogP contribution in [0, 0.1) is 0 Å². The highest BCUT2D eigenvalue weighted by Gasteiger charge is 2.31. The third-order valence-electron chi connectivity index (χ3n) is 4.95. The van der Waals surface area contributed by atoms with Crippen LogP contribution < -0.4 is 16.3 Å². The molecule has 0 saturated heterocycles. The molecule has 13 heteroatoms. The van der Waals surface area contributed by atoms with Gasteiger partial charge in [-0.1, -0.05) is 0 Å². The number of aryl methyl sites for hydroxylation is 1. The number of hydrogen-bond acceptors (Lipinski definition) is 4. The number of quaternary nitrogens is 1. The Hall–Kier alpha value is -2.90. The number of aromatic amines is 1. The van der Waals surface area contributed by atoms with E-state index in [9.17, 15) is 27.6 Å².